The molecule has 3 rings (SSSR count). The number of rotatable bonds is 6. The number of oxime groups is 2. The monoisotopic (exact) mass is 395 g/mol. The SMILES string of the molecule is COCCN(N)/C(=C\N)CN1C(=O)C2(CCC=NO2)NC(=O)C12CCC=NO2. The Morgan fingerprint density at radius 1 is 1.36 bits per heavy atom. The van der Waals surface area contributed by atoms with Gasteiger partial charge >= 0.3 is 0 Å². The summed E-state index contributed by atoms with van der Waals surface area (Å²) >= 11 is 0. The Hall–Kier alpha value is -2.86. The van der Waals surface area contributed by atoms with E-state index in [1.54, 1.807) is 19.5 Å². The van der Waals surface area contributed by atoms with Crippen molar-refractivity contribution in [2.45, 2.75) is 37.1 Å². The van der Waals surface area contributed by atoms with Crippen LogP contribution in [0.4, 0.5) is 0 Å². The van der Waals surface area contributed by atoms with Gasteiger partial charge in [-0.2, -0.15) is 0 Å². The first-order valence-electron chi connectivity index (χ1n) is 8.96. The van der Waals surface area contributed by atoms with Gasteiger partial charge in [0.15, 0.2) is 0 Å². The molecule has 0 aromatic rings. The zero-order valence-corrected chi connectivity index (χ0v) is 15.7. The van der Waals surface area contributed by atoms with Crippen LogP contribution < -0.4 is 16.9 Å². The summed E-state index contributed by atoms with van der Waals surface area (Å²) in [5.74, 6) is 5.01. The van der Waals surface area contributed by atoms with Crippen LogP contribution in [0, 0.1) is 0 Å². The Kier molecular flexibility index (Phi) is 5.70. The Morgan fingerprint density at radius 3 is 2.64 bits per heavy atom. The number of piperazine rings is 1. The molecule has 2 spiro atoms. The summed E-state index contributed by atoms with van der Waals surface area (Å²) in [5, 5.41) is 11.5. The molecule has 0 aromatic carbocycles. The molecular formula is C16H25N7O5. The standard InChI is InChI=1S/C16H25N7O5/c1-26-9-8-23(18)12(10-17)11-22-14(25)15(4-2-6-19-27-15)21-13(24)16(22)5-3-7-20-28-16/h6-7,10H,2-5,8-9,11,17-18H2,1H3,(H,21,24)/b12-10-. The summed E-state index contributed by atoms with van der Waals surface area (Å²) in [5.41, 5.74) is 2.95. The van der Waals surface area contributed by atoms with Gasteiger partial charge in [0.25, 0.3) is 23.3 Å². The molecule has 12 heteroatoms. The van der Waals surface area contributed by atoms with Gasteiger partial charge in [0.1, 0.15) is 0 Å². The van der Waals surface area contributed by atoms with Gasteiger partial charge in [-0.15, -0.1) is 0 Å². The van der Waals surface area contributed by atoms with E-state index in [-0.39, 0.29) is 19.4 Å². The highest BCUT2D eigenvalue weighted by molar-refractivity contribution is 6.01. The quantitative estimate of drug-likeness (QED) is 0.364. The molecule has 0 aromatic heterocycles. The number of nitrogens with zero attached hydrogens (tertiary/aromatic N) is 4. The number of hydrogen-bond acceptors (Lipinski definition) is 10. The smallest absolute Gasteiger partial charge is 0.294 e. The highest BCUT2D eigenvalue weighted by atomic mass is 16.7. The third kappa shape index (κ3) is 3.36. The average Bonchev–Trinajstić information content (AvgIpc) is 2.72. The Labute approximate surface area is 162 Å². The van der Waals surface area contributed by atoms with Crippen LogP contribution in [-0.4, -0.2) is 72.4 Å². The predicted molar refractivity (Wildman–Crippen MR) is 98.0 cm³/mol. The van der Waals surface area contributed by atoms with Crippen LogP contribution in [0.3, 0.4) is 0 Å². The lowest BCUT2D eigenvalue weighted by atomic mass is 9.93. The molecule has 0 aliphatic carbocycles. The van der Waals surface area contributed by atoms with Gasteiger partial charge in [0.2, 0.25) is 0 Å². The van der Waals surface area contributed by atoms with Crippen molar-refractivity contribution in [2.75, 3.05) is 26.8 Å². The van der Waals surface area contributed by atoms with E-state index in [0.717, 1.165) is 0 Å². The molecule has 0 bridgehead atoms. The van der Waals surface area contributed by atoms with E-state index in [2.05, 4.69) is 15.6 Å². The minimum atomic E-state index is -1.61. The topological polar surface area (TPSA) is 157 Å². The summed E-state index contributed by atoms with van der Waals surface area (Å²) < 4.78 is 5.02. The molecule has 28 heavy (non-hydrogen) atoms. The van der Waals surface area contributed by atoms with E-state index in [1.807, 2.05) is 0 Å². The number of nitrogens with one attached hydrogen (secondary N) is 1. The van der Waals surface area contributed by atoms with Crippen molar-refractivity contribution >= 4 is 24.2 Å². The van der Waals surface area contributed by atoms with Crippen molar-refractivity contribution in [1.82, 2.24) is 15.2 Å². The maximum atomic E-state index is 13.4. The minimum Gasteiger partial charge on any atom is -0.403 e. The maximum absolute atomic E-state index is 13.4. The van der Waals surface area contributed by atoms with E-state index in [4.69, 9.17) is 26.0 Å². The van der Waals surface area contributed by atoms with E-state index in [1.165, 1.54) is 16.1 Å². The molecular weight excluding hydrogens is 370 g/mol. The second-order valence-corrected chi connectivity index (χ2v) is 6.64. The van der Waals surface area contributed by atoms with E-state index >= 15 is 0 Å². The molecule has 154 valence electrons. The van der Waals surface area contributed by atoms with Crippen LogP contribution in [0.25, 0.3) is 0 Å². The molecule has 2 unspecified atom stereocenters. The molecule has 2 amide bonds. The Bertz CT molecular complexity index is 711. The second-order valence-electron chi connectivity index (χ2n) is 6.64. The maximum Gasteiger partial charge on any atom is 0.294 e. The molecule has 3 heterocycles. The molecule has 1 fully saturated rings. The van der Waals surface area contributed by atoms with Crippen LogP contribution >= 0.6 is 0 Å². The minimum absolute atomic E-state index is 0.0761. The predicted octanol–water partition coefficient (Wildman–Crippen LogP) is -1.45. The molecule has 1 saturated heterocycles. The van der Waals surface area contributed by atoms with Crippen molar-refractivity contribution in [1.29, 1.82) is 0 Å². The number of methoxy groups -OCH3 is 1. The van der Waals surface area contributed by atoms with Crippen molar-refractivity contribution in [2.24, 2.45) is 21.9 Å². The van der Waals surface area contributed by atoms with Gasteiger partial charge < -0.3 is 30.5 Å². The lowest BCUT2D eigenvalue weighted by molar-refractivity contribution is -0.227. The number of hydrogen-bond donors (Lipinski definition) is 3. The normalized spacial score (nSPS) is 29.6. The first kappa shape index (κ1) is 19.9. The number of carbonyl (C=O) groups excluding carboxylic acids is 2. The zero-order chi connectivity index (χ0) is 20.2. The van der Waals surface area contributed by atoms with E-state index in [0.29, 0.717) is 31.7 Å². The summed E-state index contributed by atoms with van der Waals surface area (Å²) in [4.78, 5) is 38.6. The van der Waals surface area contributed by atoms with Gasteiger partial charge in [-0.05, 0) is 12.8 Å². The lowest BCUT2D eigenvalue weighted by Gasteiger charge is -2.50. The number of ether oxygens (including phenoxy) is 1. The molecule has 2 atom stereocenters. The van der Waals surface area contributed by atoms with Crippen LogP contribution in [0.15, 0.2) is 22.2 Å². The second kappa shape index (κ2) is 8.02. The third-order valence-corrected chi connectivity index (χ3v) is 4.91. The van der Waals surface area contributed by atoms with Crippen molar-refractivity contribution in [3.8, 4) is 0 Å². The third-order valence-electron chi connectivity index (χ3n) is 4.91. The van der Waals surface area contributed by atoms with Crippen LogP contribution in [0.1, 0.15) is 25.7 Å². The highest BCUT2D eigenvalue weighted by Crippen LogP contribution is 2.37. The van der Waals surface area contributed by atoms with Crippen LogP contribution in [0.5, 0.6) is 0 Å². The fraction of sp³-hybridized carbons (Fsp3) is 0.625. The van der Waals surface area contributed by atoms with Crippen molar-refractivity contribution in [3.63, 3.8) is 0 Å². The van der Waals surface area contributed by atoms with Crippen LogP contribution in [0.2, 0.25) is 0 Å². The summed E-state index contributed by atoms with van der Waals surface area (Å²) in [6, 6.07) is 0. The number of nitrogens with two attached hydrogens (primary N) is 2. The number of hydrazine groups is 1. The molecule has 5 N–H and O–H groups in total. The zero-order valence-electron chi connectivity index (χ0n) is 15.7. The Balaban J connectivity index is 1.93. The summed E-state index contributed by atoms with van der Waals surface area (Å²) in [6.07, 6.45) is 5.77. The molecule has 3 aliphatic rings. The summed E-state index contributed by atoms with van der Waals surface area (Å²) in [6.45, 7) is 0.620. The van der Waals surface area contributed by atoms with Gasteiger partial charge in [-0.1, -0.05) is 10.3 Å². The molecule has 0 saturated carbocycles. The van der Waals surface area contributed by atoms with Gasteiger partial charge in [0.05, 0.1) is 25.4 Å². The van der Waals surface area contributed by atoms with Crippen molar-refractivity contribution < 1.29 is 24.0 Å². The number of carbonyl (C=O) groups is 2. The van der Waals surface area contributed by atoms with Gasteiger partial charge in [-0.25, -0.2) is 5.84 Å². The number of amides is 2. The average molecular weight is 395 g/mol. The first-order chi connectivity index (χ1) is 13.5. The first-order valence-corrected chi connectivity index (χ1v) is 8.96. The van der Waals surface area contributed by atoms with Crippen LogP contribution in [-0.2, 0) is 24.0 Å². The van der Waals surface area contributed by atoms with E-state index in [9.17, 15) is 9.59 Å². The molecule has 0 radical (unpaired) electrons. The molecule has 3 aliphatic heterocycles. The van der Waals surface area contributed by atoms with Crippen molar-refractivity contribution in [3.05, 3.63) is 11.9 Å². The summed E-state index contributed by atoms with van der Waals surface area (Å²) in [7, 11) is 1.55. The van der Waals surface area contributed by atoms with Gasteiger partial charge in [-0.3, -0.25) is 14.5 Å². The fourth-order valence-corrected chi connectivity index (χ4v) is 3.32. The molecule has 12 nitrogen and oxygen atoms in total. The fourth-order valence-electron chi connectivity index (χ4n) is 3.32. The highest BCUT2D eigenvalue weighted by Gasteiger charge is 2.63. The van der Waals surface area contributed by atoms with E-state index < -0.39 is 23.3 Å². The Morgan fingerprint density at radius 2 is 2.07 bits per heavy atom. The largest absolute Gasteiger partial charge is 0.403 e. The van der Waals surface area contributed by atoms with Gasteiger partial charge in [0, 0.05) is 38.6 Å². The lowest BCUT2D eigenvalue weighted by Crippen LogP contribution is -2.77.